The first kappa shape index (κ1) is 12.0. The molecule has 0 unspecified atom stereocenters. The van der Waals surface area contributed by atoms with Gasteiger partial charge in [-0.05, 0) is 40.9 Å². The van der Waals surface area contributed by atoms with Crippen LogP contribution >= 0.6 is 15.9 Å². The van der Waals surface area contributed by atoms with E-state index in [1.54, 1.807) is 18.9 Å². The smallest absolute Gasteiger partial charge is 0.125 e. The van der Waals surface area contributed by atoms with Gasteiger partial charge in [0.1, 0.15) is 18.5 Å². The van der Waals surface area contributed by atoms with Crippen LogP contribution in [-0.2, 0) is 6.54 Å². The van der Waals surface area contributed by atoms with Crippen molar-refractivity contribution in [3.8, 4) is 0 Å². The van der Waals surface area contributed by atoms with Crippen LogP contribution < -0.4 is 5.32 Å². The van der Waals surface area contributed by atoms with E-state index in [0.29, 0.717) is 0 Å². The zero-order valence-corrected chi connectivity index (χ0v) is 11.0. The largest absolute Gasteiger partial charge is 0.370 e. The second-order valence-electron chi connectivity index (χ2n) is 3.70. The fourth-order valence-corrected chi connectivity index (χ4v) is 1.69. The van der Waals surface area contributed by atoms with E-state index in [4.69, 9.17) is 0 Å². The molecule has 6 heteroatoms. The second kappa shape index (κ2) is 6.34. The topological polar surface area (TPSA) is 55.6 Å². The quantitative estimate of drug-likeness (QED) is 0.831. The highest BCUT2D eigenvalue weighted by molar-refractivity contribution is 9.10. The van der Waals surface area contributed by atoms with Crippen molar-refractivity contribution in [3.05, 3.63) is 35.5 Å². The molecule has 0 saturated carbocycles. The lowest BCUT2D eigenvalue weighted by atomic mass is 10.3. The number of nitrogens with zero attached hydrogens (tertiary/aromatic N) is 4. The maximum Gasteiger partial charge on any atom is 0.125 e. The molecule has 0 atom stereocenters. The van der Waals surface area contributed by atoms with Gasteiger partial charge in [0.15, 0.2) is 0 Å². The SMILES string of the molecule is Brc1ccc(NCCCCn2cnnc2)nc1. The molecule has 0 amide bonds. The number of nitrogens with one attached hydrogen (secondary N) is 1. The molecule has 0 aliphatic rings. The highest BCUT2D eigenvalue weighted by Crippen LogP contribution is 2.10. The van der Waals surface area contributed by atoms with Gasteiger partial charge in [-0.2, -0.15) is 0 Å². The molecule has 0 spiro atoms. The van der Waals surface area contributed by atoms with Crippen LogP contribution in [0, 0.1) is 0 Å². The number of aromatic nitrogens is 4. The van der Waals surface area contributed by atoms with E-state index in [-0.39, 0.29) is 0 Å². The number of hydrogen-bond acceptors (Lipinski definition) is 4. The summed E-state index contributed by atoms with van der Waals surface area (Å²) in [6.07, 6.45) is 7.46. The summed E-state index contributed by atoms with van der Waals surface area (Å²) in [6, 6.07) is 3.94. The number of halogens is 1. The number of aryl methyl sites for hydroxylation is 1. The van der Waals surface area contributed by atoms with Gasteiger partial charge in [0, 0.05) is 23.8 Å². The molecule has 0 fully saturated rings. The van der Waals surface area contributed by atoms with Crippen molar-refractivity contribution in [2.45, 2.75) is 19.4 Å². The van der Waals surface area contributed by atoms with Crippen molar-refractivity contribution < 1.29 is 0 Å². The van der Waals surface area contributed by atoms with Crippen molar-refractivity contribution in [2.24, 2.45) is 0 Å². The second-order valence-corrected chi connectivity index (χ2v) is 4.61. The van der Waals surface area contributed by atoms with Crippen molar-refractivity contribution >= 4 is 21.7 Å². The van der Waals surface area contributed by atoms with Crippen molar-refractivity contribution in [1.82, 2.24) is 19.7 Å². The molecule has 0 aliphatic carbocycles. The van der Waals surface area contributed by atoms with Gasteiger partial charge in [0.05, 0.1) is 0 Å². The summed E-state index contributed by atoms with van der Waals surface area (Å²) >= 11 is 3.36. The third kappa shape index (κ3) is 4.14. The van der Waals surface area contributed by atoms with Gasteiger partial charge in [-0.15, -0.1) is 10.2 Å². The molecular weight excluding hydrogens is 282 g/mol. The normalized spacial score (nSPS) is 10.4. The molecule has 0 radical (unpaired) electrons. The van der Waals surface area contributed by atoms with Crippen LogP contribution in [0.2, 0.25) is 0 Å². The maximum absolute atomic E-state index is 4.24. The van der Waals surface area contributed by atoms with E-state index in [0.717, 1.165) is 36.2 Å². The predicted octanol–water partition coefficient (Wildman–Crippen LogP) is 2.33. The Morgan fingerprint density at radius 3 is 2.71 bits per heavy atom. The van der Waals surface area contributed by atoms with Crippen molar-refractivity contribution in [1.29, 1.82) is 0 Å². The highest BCUT2D eigenvalue weighted by atomic mass is 79.9. The van der Waals surface area contributed by atoms with E-state index in [2.05, 4.69) is 36.4 Å². The van der Waals surface area contributed by atoms with E-state index < -0.39 is 0 Å². The Labute approximate surface area is 108 Å². The Kier molecular flexibility index (Phi) is 4.49. The van der Waals surface area contributed by atoms with Crippen LogP contribution in [0.25, 0.3) is 0 Å². The van der Waals surface area contributed by atoms with Gasteiger partial charge in [-0.25, -0.2) is 4.98 Å². The minimum atomic E-state index is 0.914. The number of hydrogen-bond donors (Lipinski definition) is 1. The number of rotatable bonds is 6. The number of pyridine rings is 1. The first-order chi connectivity index (χ1) is 8.34. The van der Waals surface area contributed by atoms with Gasteiger partial charge < -0.3 is 9.88 Å². The van der Waals surface area contributed by atoms with Crippen LogP contribution in [-0.4, -0.2) is 26.3 Å². The Bertz CT molecular complexity index is 426. The summed E-state index contributed by atoms with van der Waals surface area (Å²) < 4.78 is 2.98. The zero-order valence-electron chi connectivity index (χ0n) is 9.38. The van der Waals surface area contributed by atoms with E-state index in [1.807, 2.05) is 16.7 Å². The van der Waals surface area contributed by atoms with E-state index >= 15 is 0 Å². The van der Waals surface area contributed by atoms with Gasteiger partial charge in [0.25, 0.3) is 0 Å². The minimum Gasteiger partial charge on any atom is -0.370 e. The number of anilines is 1. The lowest BCUT2D eigenvalue weighted by Gasteiger charge is -2.05. The summed E-state index contributed by atoms with van der Waals surface area (Å²) in [7, 11) is 0. The predicted molar refractivity (Wildman–Crippen MR) is 69.7 cm³/mol. The average molecular weight is 296 g/mol. The van der Waals surface area contributed by atoms with Gasteiger partial charge in [0.2, 0.25) is 0 Å². The van der Waals surface area contributed by atoms with Crippen LogP contribution in [0.3, 0.4) is 0 Å². The van der Waals surface area contributed by atoms with Gasteiger partial charge in [-0.3, -0.25) is 0 Å². The van der Waals surface area contributed by atoms with Gasteiger partial charge >= 0.3 is 0 Å². The zero-order chi connectivity index (χ0) is 11.9. The monoisotopic (exact) mass is 295 g/mol. The molecule has 2 heterocycles. The molecule has 1 N–H and O–H groups in total. The summed E-state index contributed by atoms with van der Waals surface area (Å²) in [6.45, 7) is 1.89. The van der Waals surface area contributed by atoms with Crippen LogP contribution in [0.5, 0.6) is 0 Å². The Hall–Kier alpha value is -1.43. The lowest BCUT2D eigenvalue weighted by Crippen LogP contribution is -2.04. The minimum absolute atomic E-state index is 0.914. The molecule has 17 heavy (non-hydrogen) atoms. The Morgan fingerprint density at radius 1 is 1.18 bits per heavy atom. The standard InChI is InChI=1S/C11H14BrN5/c12-10-3-4-11(14-7-10)13-5-1-2-6-17-8-15-16-9-17/h3-4,7-9H,1-2,5-6H2,(H,13,14). The molecule has 0 aromatic carbocycles. The third-order valence-electron chi connectivity index (χ3n) is 2.34. The molecule has 0 bridgehead atoms. The fourth-order valence-electron chi connectivity index (χ4n) is 1.45. The molecule has 90 valence electrons. The molecule has 0 saturated heterocycles. The van der Waals surface area contributed by atoms with E-state index in [1.165, 1.54) is 0 Å². The number of unbranched alkanes of at least 4 members (excludes halogenated alkanes) is 1. The first-order valence-electron chi connectivity index (χ1n) is 5.52. The molecule has 2 rings (SSSR count). The van der Waals surface area contributed by atoms with Crippen molar-refractivity contribution in [2.75, 3.05) is 11.9 Å². The summed E-state index contributed by atoms with van der Waals surface area (Å²) in [4.78, 5) is 4.24. The maximum atomic E-state index is 4.24. The van der Waals surface area contributed by atoms with Crippen LogP contribution in [0.4, 0.5) is 5.82 Å². The van der Waals surface area contributed by atoms with Crippen molar-refractivity contribution in [3.63, 3.8) is 0 Å². The summed E-state index contributed by atoms with van der Waals surface area (Å²) in [5.74, 6) is 0.914. The Balaban J connectivity index is 1.61. The van der Waals surface area contributed by atoms with E-state index in [9.17, 15) is 0 Å². The molecule has 2 aromatic heterocycles. The fraction of sp³-hybridized carbons (Fsp3) is 0.364. The lowest BCUT2D eigenvalue weighted by molar-refractivity contribution is 0.619. The van der Waals surface area contributed by atoms with Gasteiger partial charge in [-0.1, -0.05) is 0 Å². The average Bonchev–Trinajstić information content (AvgIpc) is 2.84. The highest BCUT2D eigenvalue weighted by Gasteiger charge is 1.94. The van der Waals surface area contributed by atoms with Crippen LogP contribution in [0.1, 0.15) is 12.8 Å². The molecular formula is C11H14BrN5. The summed E-state index contributed by atoms with van der Waals surface area (Å²) in [5.41, 5.74) is 0. The molecule has 2 aromatic rings. The summed E-state index contributed by atoms with van der Waals surface area (Å²) in [5, 5.41) is 10.8. The Morgan fingerprint density at radius 2 is 2.00 bits per heavy atom. The third-order valence-corrected chi connectivity index (χ3v) is 2.81. The van der Waals surface area contributed by atoms with Crippen LogP contribution in [0.15, 0.2) is 35.5 Å². The molecule has 0 aliphatic heterocycles. The molecule has 5 nitrogen and oxygen atoms in total. The first-order valence-corrected chi connectivity index (χ1v) is 6.32.